The largest absolute Gasteiger partial charge is 0.654 e. The van der Waals surface area contributed by atoms with Crippen LogP contribution in [0.1, 0.15) is 24.5 Å². The van der Waals surface area contributed by atoms with Crippen LogP contribution in [0.5, 0.6) is 0 Å². The standard InChI is InChI=1S/C15H16BrClN/c1-15-5-4-11-6-13(17)3-2-10(11)7-14(15)18-9-12(16)8-15/h2-3,6,8,14H,4-5,7,9H2,1H3/q-1. The fourth-order valence-electron chi connectivity index (χ4n) is 3.08. The van der Waals surface area contributed by atoms with Crippen LogP contribution >= 0.6 is 27.5 Å². The molecule has 0 bridgehead atoms. The van der Waals surface area contributed by atoms with Gasteiger partial charge in [-0.05, 0) is 52.4 Å². The van der Waals surface area contributed by atoms with Crippen molar-refractivity contribution in [1.82, 2.24) is 0 Å². The van der Waals surface area contributed by atoms with E-state index in [1.54, 1.807) is 0 Å². The van der Waals surface area contributed by atoms with Gasteiger partial charge in [0.1, 0.15) is 0 Å². The highest BCUT2D eigenvalue weighted by Crippen LogP contribution is 2.44. The first-order valence-electron chi connectivity index (χ1n) is 6.38. The van der Waals surface area contributed by atoms with Gasteiger partial charge in [0.05, 0.1) is 0 Å². The van der Waals surface area contributed by atoms with Crippen molar-refractivity contribution in [2.75, 3.05) is 6.54 Å². The quantitative estimate of drug-likeness (QED) is 0.646. The Morgan fingerprint density at radius 3 is 3.06 bits per heavy atom. The predicted octanol–water partition coefficient (Wildman–Crippen LogP) is 4.87. The molecule has 0 radical (unpaired) electrons. The monoisotopic (exact) mass is 324 g/mol. The highest BCUT2D eigenvalue weighted by atomic mass is 79.9. The first-order valence-corrected chi connectivity index (χ1v) is 7.55. The van der Waals surface area contributed by atoms with Crippen molar-refractivity contribution in [3.8, 4) is 0 Å². The second kappa shape index (κ2) is 4.66. The maximum atomic E-state index is 6.10. The molecule has 0 aromatic heterocycles. The van der Waals surface area contributed by atoms with Gasteiger partial charge in [-0.2, -0.15) is 0 Å². The molecule has 3 heteroatoms. The minimum Gasteiger partial charge on any atom is -0.654 e. The van der Waals surface area contributed by atoms with E-state index in [-0.39, 0.29) is 5.41 Å². The van der Waals surface area contributed by atoms with E-state index in [9.17, 15) is 0 Å². The number of benzene rings is 1. The third kappa shape index (κ3) is 2.26. The lowest BCUT2D eigenvalue weighted by Gasteiger charge is -2.48. The number of hydrogen-bond donors (Lipinski definition) is 0. The zero-order valence-electron chi connectivity index (χ0n) is 10.4. The van der Waals surface area contributed by atoms with E-state index in [0.29, 0.717) is 6.04 Å². The van der Waals surface area contributed by atoms with E-state index in [2.05, 4.69) is 41.1 Å². The number of nitrogens with zero attached hydrogens (tertiary/aromatic N) is 1. The Morgan fingerprint density at radius 1 is 1.39 bits per heavy atom. The zero-order valence-corrected chi connectivity index (χ0v) is 12.8. The number of halogens is 2. The molecule has 18 heavy (non-hydrogen) atoms. The summed E-state index contributed by atoms with van der Waals surface area (Å²) >= 11 is 9.70. The van der Waals surface area contributed by atoms with Crippen molar-refractivity contribution < 1.29 is 0 Å². The number of aryl methyl sites for hydroxylation is 1. The molecule has 0 amide bonds. The summed E-state index contributed by atoms with van der Waals surface area (Å²) in [6, 6.07) is 6.70. The van der Waals surface area contributed by atoms with Gasteiger partial charge in [0.2, 0.25) is 0 Å². The molecule has 0 saturated heterocycles. The van der Waals surface area contributed by atoms with Crippen LogP contribution in [-0.2, 0) is 12.8 Å². The Morgan fingerprint density at radius 2 is 2.22 bits per heavy atom. The van der Waals surface area contributed by atoms with Gasteiger partial charge in [-0.15, -0.1) is 12.6 Å². The molecule has 2 aliphatic rings. The average Bonchev–Trinajstić information content (AvgIpc) is 2.45. The van der Waals surface area contributed by atoms with Crippen molar-refractivity contribution >= 4 is 27.5 Å². The van der Waals surface area contributed by atoms with Crippen LogP contribution in [0, 0.1) is 5.41 Å². The number of hydrogen-bond acceptors (Lipinski definition) is 0. The van der Waals surface area contributed by atoms with E-state index in [4.69, 9.17) is 16.9 Å². The van der Waals surface area contributed by atoms with Crippen LogP contribution in [0.2, 0.25) is 5.02 Å². The molecule has 1 aromatic rings. The minimum atomic E-state index is 0.183. The summed E-state index contributed by atoms with van der Waals surface area (Å²) in [5.74, 6) is 0. The summed E-state index contributed by atoms with van der Waals surface area (Å²) < 4.78 is 1.23. The molecule has 2 atom stereocenters. The third-order valence-corrected chi connectivity index (χ3v) is 4.94. The lowest BCUT2D eigenvalue weighted by Crippen LogP contribution is -2.34. The lowest BCUT2D eigenvalue weighted by atomic mass is 9.76. The van der Waals surface area contributed by atoms with Gasteiger partial charge in [-0.3, -0.25) is 0 Å². The predicted molar refractivity (Wildman–Crippen MR) is 80.6 cm³/mol. The summed E-state index contributed by atoms with van der Waals surface area (Å²) in [5, 5.41) is 5.68. The van der Waals surface area contributed by atoms with Crippen molar-refractivity contribution in [3.63, 3.8) is 0 Å². The molecule has 0 fully saturated rings. The van der Waals surface area contributed by atoms with Crippen LogP contribution < -0.4 is 0 Å². The van der Waals surface area contributed by atoms with E-state index >= 15 is 0 Å². The van der Waals surface area contributed by atoms with Gasteiger partial charge < -0.3 is 5.32 Å². The summed E-state index contributed by atoms with van der Waals surface area (Å²) in [6.07, 6.45) is 5.65. The van der Waals surface area contributed by atoms with Crippen molar-refractivity contribution in [3.05, 3.63) is 50.2 Å². The second-order valence-corrected chi connectivity index (χ2v) is 7.03. The molecule has 1 nitrogen and oxygen atoms in total. The molecule has 1 aliphatic heterocycles. The molecule has 0 N–H and O–H groups in total. The van der Waals surface area contributed by atoms with Gasteiger partial charge in [-0.1, -0.05) is 46.6 Å². The number of rotatable bonds is 0. The first-order chi connectivity index (χ1) is 8.57. The third-order valence-electron chi connectivity index (χ3n) is 4.22. The van der Waals surface area contributed by atoms with E-state index in [1.807, 2.05) is 6.07 Å². The van der Waals surface area contributed by atoms with Gasteiger partial charge >= 0.3 is 0 Å². The fraction of sp³-hybridized carbons (Fsp3) is 0.467. The van der Waals surface area contributed by atoms with Crippen LogP contribution in [0.15, 0.2) is 28.8 Å². The molecule has 1 heterocycles. The molecule has 3 rings (SSSR count). The highest BCUT2D eigenvalue weighted by Gasteiger charge is 2.31. The summed E-state index contributed by atoms with van der Waals surface area (Å²) in [5.41, 5.74) is 3.00. The molecule has 1 aromatic carbocycles. The zero-order chi connectivity index (χ0) is 12.8. The van der Waals surface area contributed by atoms with Gasteiger partial charge in [0.25, 0.3) is 0 Å². The fourth-order valence-corrected chi connectivity index (χ4v) is 3.94. The number of fused-ring (bicyclic) bond motifs is 2. The topological polar surface area (TPSA) is 14.1 Å². The van der Waals surface area contributed by atoms with E-state index < -0.39 is 0 Å². The lowest BCUT2D eigenvalue weighted by molar-refractivity contribution is 0.333. The molecule has 1 aliphatic carbocycles. The molecule has 0 spiro atoms. The van der Waals surface area contributed by atoms with Crippen LogP contribution in [-0.4, -0.2) is 12.6 Å². The van der Waals surface area contributed by atoms with Crippen molar-refractivity contribution in [2.24, 2.45) is 5.41 Å². The van der Waals surface area contributed by atoms with Crippen molar-refractivity contribution in [2.45, 2.75) is 32.2 Å². The smallest absolute Gasteiger partial charge is 0.0408 e. The maximum absolute atomic E-state index is 6.10. The summed E-state index contributed by atoms with van der Waals surface area (Å²) in [7, 11) is 0. The van der Waals surface area contributed by atoms with Crippen LogP contribution in [0.3, 0.4) is 0 Å². The molecule has 96 valence electrons. The molecule has 2 unspecified atom stereocenters. The van der Waals surface area contributed by atoms with E-state index in [0.717, 1.165) is 30.8 Å². The van der Waals surface area contributed by atoms with E-state index in [1.165, 1.54) is 15.6 Å². The Bertz CT molecular complexity index is 511. The minimum absolute atomic E-state index is 0.183. The van der Waals surface area contributed by atoms with Gasteiger partial charge in [-0.25, -0.2) is 0 Å². The maximum Gasteiger partial charge on any atom is 0.0408 e. The molecular weight excluding hydrogens is 310 g/mol. The van der Waals surface area contributed by atoms with Gasteiger partial charge in [0, 0.05) is 5.02 Å². The highest BCUT2D eigenvalue weighted by molar-refractivity contribution is 9.11. The second-order valence-electron chi connectivity index (χ2n) is 5.57. The molecular formula is C15H16BrClN-. The van der Waals surface area contributed by atoms with Crippen molar-refractivity contribution in [1.29, 1.82) is 0 Å². The van der Waals surface area contributed by atoms with Crippen LogP contribution in [0.4, 0.5) is 0 Å². The Balaban J connectivity index is 1.98. The Kier molecular flexibility index (Phi) is 3.29. The Labute approximate surface area is 122 Å². The van der Waals surface area contributed by atoms with Gasteiger partial charge in [0.15, 0.2) is 0 Å². The van der Waals surface area contributed by atoms with Crippen LogP contribution in [0.25, 0.3) is 5.32 Å². The Hall–Kier alpha value is -0.310. The summed E-state index contributed by atoms with van der Waals surface area (Å²) in [6.45, 7) is 3.15. The summed E-state index contributed by atoms with van der Waals surface area (Å²) in [4.78, 5) is 0. The SMILES string of the molecule is CC12C=C(Br)C[N-]C1Cc1ccc(Cl)cc1CC2. The average molecular weight is 326 g/mol. The normalized spacial score (nSPS) is 31.1. The molecule has 0 saturated carbocycles. The first kappa shape index (κ1) is 12.7.